The maximum atomic E-state index is 11.7. The van der Waals surface area contributed by atoms with Gasteiger partial charge >= 0.3 is 0 Å². The molecule has 1 aliphatic rings. The van der Waals surface area contributed by atoms with Gasteiger partial charge in [0, 0.05) is 18.0 Å². The van der Waals surface area contributed by atoms with Gasteiger partial charge in [-0.2, -0.15) is 10.2 Å². The summed E-state index contributed by atoms with van der Waals surface area (Å²) in [6.07, 6.45) is 4.56. The number of nitriles is 1. The van der Waals surface area contributed by atoms with E-state index in [0.717, 1.165) is 12.8 Å². The fourth-order valence-corrected chi connectivity index (χ4v) is 4.72. The number of nitrogens with one attached hydrogen (secondary N) is 2. The van der Waals surface area contributed by atoms with Crippen molar-refractivity contribution in [2.45, 2.75) is 51.6 Å². The van der Waals surface area contributed by atoms with Crippen molar-refractivity contribution in [3.63, 3.8) is 0 Å². The van der Waals surface area contributed by atoms with Gasteiger partial charge in [0.05, 0.1) is 33.6 Å². The summed E-state index contributed by atoms with van der Waals surface area (Å²) in [5.74, 6) is 0.634. The van der Waals surface area contributed by atoms with Crippen LogP contribution in [0.15, 0.2) is 18.3 Å². The van der Waals surface area contributed by atoms with E-state index < -0.39 is 0 Å². The normalized spacial score (nSPS) is 18.3. The summed E-state index contributed by atoms with van der Waals surface area (Å²) < 4.78 is 2.02. The first-order chi connectivity index (χ1) is 15.8. The second kappa shape index (κ2) is 9.41. The molecule has 1 saturated carbocycles. The minimum Gasteiger partial charge on any atom is -0.369 e. The Kier molecular flexibility index (Phi) is 6.58. The van der Waals surface area contributed by atoms with Crippen molar-refractivity contribution in [1.82, 2.24) is 19.5 Å². The molecule has 2 heterocycles. The lowest BCUT2D eigenvalue weighted by Gasteiger charge is -2.29. The predicted octanol–water partition coefficient (Wildman–Crippen LogP) is 4.79. The predicted molar refractivity (Wildman–Crippen MR) is 129 cm³/mol. The van der Waals surface area contributed by atoms with Crippen molar-refractivity contribution < 1.29 is 4.79 Å². The topological polar surface area (TPSA) is 135 Å². The van der Waals surface area contributed by atoms with Crippen molar-refractivity contribution in [1.29, 1.82) is 5.26 Å². The highest BCUT2D eigenvalue weighted by Gasteiger charge is 2.29. The Morgan fingerprint density at radius 3 is 2.45 bits per heavy atom. The highest BCUT2D eigenvalue weighted by molar-refractivity contribution is 6.39. The largest absolute Gasteiger partial charge is 0.369 e. The van der Waals surface area contributed by atoms with E-state index >= 15 is 0 Å². The number of aromatic nitrogens is 4. The molecule has 3 aromatic rings. The Morgan fingerprint density at radius 1 is 1.21 bits per heavy atom. The first kappa shape index (κ1) is 23.1. The Labute approximate surface area is 201 Å². The molecule has 0 atom stereocenters. The fourth-order valence-electron chi connectivity index (χ4n) is 4.14. The van der Waals surface area contributed by atoms with Crippen LogP contribution in [0.3, 0.4) is 0 Å². The van der Waals surface area contributed by atoms with E-state index in [4.69, 9.17) is 44.2 Å². The first-order valence-corrected chi connectivity index (χ1v) is 11.5. The average Bonchev–Trinajstić information content (AvgIpc) is 3.13. The number of hydrogen-bond acceptors (Lipinski definition) is 7. The molecule has 0 bridgehead atoms. The highest BCUT2D eigenvalue weighted by atomic mass is 35.5. The Balaban J connectivity index is 1.78. The van der Waals surface area contributed by atoms with Crippen LogP contribution < -0.4 is 16.4 Å². The number of nitrogens with two attached hydrogens (primary N) is 1. The molecule has 2 aromatic heterocycles. The molecule has 0 radical (unpaired) electrons. The number of halogens is 2. The molecule has 0 aliphatic heterocycles. The molecule has 1 fully saturated rings. The number of primary amides is 1. The maximum absolute atomic E-state index is 11.7. The van der Waals surface area contributed by atoms with Crippen LogP contribution in [0.25, 0.3) is 11.2 Å². The van der Waals surface area contributed by atoms with Crippen molar-refractivity contribution in [3.8, 4) is 6.07 Å². The van der Waals surface area contributed by atoms with E-state index in [1.54, 1.807) is 18.3 Å². The summed E-state index contributed by atoms with van der Waals surface area (Å²) >= 11 is 12.8. The van der Waals surface area contributed by atoms with Crippen molar-refractivity contribution in [2.24, 2.45) is 11.7 Å². The molecule has 0 unspecified atom stereocenters. The summed E-state index contributed by atoms with van der Waals surface area (Å²) in [4.78, 5) is 25.4. The number of rotatable bonds is 6. The molecule has 0 spiro atoms. The van der Waals surface area contributed by atoms with Gasteiger partial charge in [0.15, 0.2) is 5.65 Å². The number of fused-ring (bicyclic) bond motifs is 1. The SMILES string of the molecule is CC(C)Nc1ncc2nc(Nc3c(Cl)cc(C#N)cc3Cl)n([C@H]3CC[C@@H](C(N)=O)CC3)c2n1. The quantitative estimate of drug-likeness (QED) is 0.455. The molecule has 9 nitrogen and oxygen atoms in total. The summed E-state index contributed by atoms with van der Waals surface area (Å²) in [6, 6.07) is 5.35. The van der Waals surface area contributed by atoms with E-state index in [0.29, 0.717) is 57.2 Å². The van der Waals surface area contributed by atoms with Gasteiger partial charge in [-0.1, -0.05) is 23.2 Å². The molecule has 0 saturated heterocycles. The summed E-state index contributed by atoms with van der Waals surface area (Å²) in [5.41, 5.74) is 7.62. The zero-order chi connectivity index (χ0) is 23.7. The van der Waals surface area contributed by atoms with E-state index in [2.05, 4.69) is 15.6 Å². The van der Waals surface area contributed by atoms with Gasteiger partial charge in [-0.3, -0.25) is 9.36 Å². The molecule has 172 valence electrons. The van der Waals surface area contributed by atoms with Crippen LogP contribution in [0.4, 0.5) is 17.6 Å². The van der Waals surface area contributed by atoms with Crippen molar-refractivity contribution in [3.05, 3.63) is 33.9 Å². The number of carbonyl (C=O) groups is 1. The number of benzene rings is 1. The number of nitrogens with zero attached hydrogens (tertiary/aromatic N) is 5. The van der Waals surface area contributed by atoms with Gasteiger partial charge < -0.3 is 16.4 Å². The molecular weight excluding hydrogens is 463 g/mol. The van der Waals surface area contributed by atoms with Gasteiger partial charge in [0.1, 0.15) is 5.52 Å². The summed E-state index contributed by atoms with van der Waals surface area (Å²) in [5, 5.41) is 16.2. The third kappa shape index (κ3) is 4.82. The summed E-state index contributed by atoms with van der Waals surface area (Å²) in [6.45, 7) is 4.02. The van der Waals surface area contributed by atoms with Crippen LogP contribution >= 0.6 is 23.2 Å². The van der Waals surface area contributed by atoms with Gasteiger partial charge in [-0.15, -0.1) is 0 Å². The number of carbonyl (C=O) groups excluding carboxylic acids is 1. The van der Waals surface area contributed by atoms with Gasteiger partial charge in [0.25, 0.3) is 0 Å². The lowest BCUT2D eigenvalue weighted by Crippen LogP contribution is -2.28. The average molecular weight is 487 g/mol. The third-order valence-corrected chi connectivity index (χ3v) is 6.32. The van der Waals surface area contributed by atoms with Gasteiger partial charge in [-0.05, 0) is 51.7 Å². The van der Waals surface area contributed by atoms with Crippen LogP contribution in [-0.2, 0) is 4.79 Å². The maximum Gasteiger partial charge on any atom is 0.224 e. The van der Waals surface area contributed by atoms with Crippen molar-refractivity contribution >= 4 is 57.9 Å². The number of imidazole rings is 1. The summed E-state index contributed by atoms with van der Waals surface area (Å²) in [7, 11) is 0. The van der Waals surface area contributed by atoms with Crippen molar-refractivity contribution in [2.75, 3.05) is 10.6 Å². The molecule has 33 heavy (non-hydrogen) atoms. The van der Waals surface area contributed by atoms with Crippen LogP contribution in [0, 0.1) is 17.2 Å². The van der Waals surface area contributed by atoms with E-state index in [9.17, 15) is 4.79 Å². The van der Waals surface area contributed by atoms with Gasteiger partial charge in [0.2, 0.25) is 17.8 Å². The van der Waals surface area contributed by atoms with E-state index in [-0.39, 0.29) is 23.9 Å². The van der Waals surface area contributed by atoms with Crippen LogP contribution in [0.2, 0.25) is 10.0 Å². The first-order valence-electron chi connectivity index (χ1n) is 10.7. The molecule has 11 heteroatoms. The fraction of sp³-hybridized carbons (Fsp3) is 0.409. The molecule has 1 aromatic carbocycles. The van der Waals surface area contributed by atoms with Crippen LogP contribution in [0.5, 0.6) is 0 Å². The molecule has 1 aliphatic carbocycles. The molecule has 1 amide bonds. The van der Waals surface area contributed by atoms with Gasteiger partial charge in [-0.25, -0.2) is 9.97 Å². The standard InChI is InChI=1S/C22H24Cl2N8O/c1-11(2)28-21-27-10-17-20(31-21)32(14-5-3-13(4-6-14)19(26)33)22(29-17)30-18-15(23)7-12(9-25)8-16(18)24/h7-8,10-11,13-14H,3-6H2,1-2H3,(H2,26,33)(H,29,30)(H,27,28,31)/t13-,14+. The molecular formula is C22H24Cl2N8O. The minimum absolute atomic E-state index is 0.0471. The second-order valence-corrected chi connectivity index (χ2v) is 9.28. The van der Waals surface area contributed by atoms with Crippen LogP contribution in [-0.4, -0.2) is 31.5 Å². The molecule has 4 rings (SSSR count). The molecule has 4 N–H and O–H groups in total. The zero-order valence-corrected chi connectivity index (χ0v) is 19.8. The Morgan fingerprint density at radius 2 is 1.88 bits per heavy atom. The Hall–Kier alpha value is -3.09. The third-order valence-electron chi connectivity index (χ3n) is 5.72. The zero-order valence-electron chi connectivity index (χ0n) is 18.3. The lowest BCUT2D eigenvalue weighted by molar-refractivity contribution is -0.122. The smallest absolute Gasteiger partial charge is 0.224 e. The number of anilines is 3. The monoisotopic (exact) mass is 486 g/mol. The van der Waals surface area contributed by atoms with E-state index in [1.807, 2.05) is 24.5 Å². The Bertz CT molecular complexity index is 1220. The highest BCUT2D eigenvalue weighted by Crippen LogP contribution is 2.39. The second-order valence-electron chi connectivity index (χ2n) is 8.47. The van der Waals surface area contributed by atoms with E-state index in [1.165, 1.54) is 0 Å². The minimum atomic E-state index is -0.260. The number of amides is 1. The van der Waals surface area contributed by atoms with Crippen LogP contribution in [0.1, 0.15) is 51.1 Å². The number of hydrogen-bond donors (Lipinski definition) is 3. The lowest BCUT2D eigenvalue weighted by atomic mass is 9.85.